The van der Waals surface area contributed by atoms with Crippen molar-refractivity contribution in [2.45, 2.75) is 72.5 Å². The van der Waals surface area contributed by atoms with Gasteiger partial charge < -0.3 is 10.2 Å². The average Bonchev–Trinajstić information content (AvgIpc) is 3.38. The molecule has 2 amide bonds. The van der Waals surface area contributed by atoms with Crippen LogP contribution < -0.4 is 5.32 Å². The second-order valence-electron chi connectivity index (χ2n) is 10.9. The van der Waals surface area contributed by atoms with Gasteiger partial charge in [-0.15, -0.1) is 0 Å². The molecule has 0 radical (unpaired) electrons. The van der Waals surface area contributed by atoms with Gasteiger partial charge >= 0.3 is 0 Å². The largest absolute Gasteiger partial charge is 0.347 e. The van der Waals surface area contributed by atoms with E-state index < -0.39 is 0 Å². The van der Waals surface area contributed by atoms with Crippen molar-refractivity contribution in [3.05, 3.63) is 52.8 Å². The number of carbonyl (C=O) groups is 2. The summed E-state index contributed by atoms with van der Waals surface area (Å²) in [6, 6.07) is 10.4. The first-order valence-corrected chi connectivity index (χ1v) is 11.9. The molecule has 2 aromatic rings. The van der Waals surface area contributed by atoms with Crippen LogP contribution in [0.1, 0.15) is 74.3 Å². The summed E-state index contributed by atoms with van der Waals surface area (Å²) in [5.74, 6) is 0.612. The third-order valence-corrected chi connectivity index (χ3v) is 8.51. The topological polar surface area (TPSA) is 67.2 Å². The molecule has 1 aliphatic heterocycles. The second kappa shape index (κ2) is 7.46. The Hall–Kier alpha value is -2.63. The zero-order chi connectivity index (χ0) is 22.7. The fourth-order valence-electron chi connectivity index (χ4n) is 6.69. The standard InChI is InChI=1S/C26H34N4O2/c1-17(31)29-13-11-21-20(16-29)22(28-30(21)15-18-8-6-5-7-9-18)23(32)27-24-25(2,3)19-10-12-26(24,4)14-19/h5-9,19,24H,10-16H2,1-4H3,(H,27,32). The predicted octanol–water partition coefficient (Wildman–Crippen LogP) is 3.78. The van der Waals surface area contributed by atoms with E-state index in [1.807, 2.05) is 27.8 Å². The SMILES string of the molecule is CC(=O)N1CCc2c(c(C(=O)NC3C4(C)CCC(C4)C3(C)C)nn2Cc2ccccc2)C1. The van der Waals surface area contributed by atoms with Gasteiger partial charge in [-0.1, -0.05) is 51.1 Å². The highest BCUT2D eigenvalue weighted by molar-refractivity contribution is 5.94. The lowest BCUT2D eigenvalue weighted by atomic mass is 9.68. The van der Waals surface area contributed by atoms with Crippen LogP contribution in [0.15, 0.2) is 30.3 Å². The smallest absolute Gasteiger partial charge is 0.272 e. The number of fused-ring (bicyclic) bond motifs is 3. The lowest BCUT2D eigenvalue weighted by Crippen LogP contribution is -2.52. The van der Waals surface area contributed by atoms with E-state index in [0.717, 1.165) is 23.2 Å². The summed E-state index contributed by atoms with van der Waals surface area (Å²) < 4.78 is 1.98. The number of hydrogen-bond donors (Lipinski definition) is 1. The molecule has 3 aliphatic rings. The number of amides is 2. The Bertz CT molecular complexity index is 1050. The van der Waals surface area contributed by atoms with Gasteiger partial charge in [0.2, 0.25) is 5.91 Å². The minimum Gasteiger partial charge on any atom is -0.347 e. The lowest BCUT2D eigenvalue weighted by Gasteiger charge is -2.43. The molecule has 1 N–H and O–H groups in total. The maximum atomic E-state index is 13.6. The van der Waals surface area contributed by atoms with Gasteiger partial charge in [0.05, 0.1) is 6.54 Å². The number of nitrogens with zero attached hydrogens (tertiary/aromatic N) is 3. The molecular weight excluding hydrogens is 400 g/mol. The van der Waals surface area contributed by atoms with Crippen LogP contribution in [0.5, 0.6) is 0 Å². The van der Waals surface area contributed by atoms with Gasteiger partial charge in [-0.3, -0.25) is 14.3 Å². The summed E-state index contributed by atoms with van der Waals surface area (Å²) in [5, 5.41) is 8.23. The van der Waals surface area contributed by atoms with Crippen molar-refractivity contribution in [2.24, 2.45) is 16.7 Å². The summed E-state index contributed by atoms with van der Waals surface area (Å²) in [5.41, 5.74) is 3.87. The third kappa shape index (κ3) is 3.35. The highest BCUT2D eigenvalue weighted by atomic mass is 16.2. The van der Waals surface area contributed by atoms with Crippen molar-refractivity contribution in [3.63, 3.8) is 0 Å². The van der Waals surface area contributed by atoms with E-state index in [9.17, 15) is 9.59 Å². The number of hydrogen-bond acceptors (Lipinski definition) is 3. The Morgan fingerprint density at radius 1 is 1.19 bits per heavy atom. The molecule has 2 aliphatic carbocycles. The van der Waals surface area contributed by atoms with Gasteiger partial charge in [0.1, 0.15) is 0 Å². The Kier molecular flexibility index (Phi) is 4.95. The zero-order valence-electron chi connectivity index (χ0n) is 19.6. The summed E-state index contributed by atoms with van der Waals surface area (Å²) >= 11 is 0. The number of nitrogens with one attached hydrogen (secondary N) is 1. The Morgan fingerprint density at radius 3 is 2.59 bits per heavy atom. The fourth-order valence-corrected chi connectivity index (χ4v) is 6.69. The maximum absolute atomic E-state index is 13.6. The number of benzene rings is 1. The monoisotopic (exact) mass is 434 g/mol. The van der Waals surface area contributed by atoms with Crippen LogP contribution in [0.3, 0.4) is 0 Å². The Labute approximate surface area is 190 Å². The average molecular weight is 435 g/mol. The molecule has 6 nitrogen and oxygen atoms in total. The maximum Gasteiger partial charge on any atom is 0.272 e. The summed E-state index contributed by atoms with van der Waals surface area (Å²) in [4.78, 5) is 27.5. The summed E-state index contributed by atoms with van der Waals surface area (Å²) in [6.07, 6.45) is 4.33. The van der Waals surface area contributed by atoms with Crippen molar-refractivity contribution >= 4 is 11.8 Å². The lowest BCUT2D eigenvalue weighted by molar-refractivity contribution is -0.129. The number of aromatic nitrogens is 2. The van der Waals surface area contributed by atoms with Gasteiger partial charge in [0, 0.05) is 43.7 Å². The first kappa shape index (κ1) is 21.2. The van der Waals surface area contributed by atoms with Crippen LogP contribution in [0.25, 0.3) is 0 Å². The first-order valence-electron chi connectivity index (χ1n) is 11.9. The minimum atomic E-state index is -0.0923. The van der Waals surface area contributed by atoms with E-state index in [-0.39, 0.29) is 28.7 Å². The highest BCUT2D eigenvalue weighted by Crippen LogP contribution is 2.62. The molecule has 2 fully saturated rings. The molecule has 0 saturated heterocycles. The molecule has 32 heavy (non-hydrogen) atoms. The molecule has 1 aromatic carbocycles. The number of carbonyl (C=O) groups excluding carboxylic acids is 2. The van der Waals surface area contributed by atoms with E-state index in [1.165, 1.54) is 19.3 Å². The van der Waals surface area contributed by atoms with E-state index in [0.29, 0.717) is 31.2 Å². The van der Waals surface area contributed by atoms with Crippen molar-refractivity contribution in [3.8, 4) is 0 Å². The van der Waals surface area contributed by atoms with Crippen LogP contribution in [-0.2, 0) is 24.3 Å². The van der Waals surface area contributed by atoms with E-state index in [1.54, 1.807) is 6.92 Å². The molecule has 3 atom stereocenters. The molecule has 2 bridgehead atoms. The number of rotatable bonds is 4. The quantitative estimate of drug-likeness (QED) is 0.796. The molecule has 1 aromatic heterocycles. The van der Waals surface area contributed by atoms with E-state index >= 15 is 0 Å². The molecule has 6 heteroatoms. The molecule has 2 saturated carbocycles. The van der Waals surface area contributed by atoms with Crippen molar-refractivity contribution in [2.75, 3.05) is 6.54 Å². The summed E-state index contributed by atoms with van der Waals surface area (Å²) in [6.45, 7) is 10.3. The van der Waals surface area contributed by atoms with Gasteiger partial charge in [0.25, 0.3) is 5.91 Å². The molecule has 2 heterocycles. The summed E-state index contributed by atoms with van der Waals surface area (Å²) in [7, 11) is 0. The van der Waals surface area contributed by atoms with Crippen LogP contribution in [0, 0.1) is 16.7 Å². The van der Waals surface area contributed by atoms with Gasteiger partial charge in [-0.25, -0.2) is 0 Å². The van der Waals surface area contributed by atoms with Gasteiger partial charge in [-0.05, 0) is 41.6 Å². The van der Waals surface area contributed by atoms with Crippen LogP contribution >= 0.6 is 0 Å². The van der Waals surface area contributed by atoms with Crippen LogP contribution in [0.4, 0.5) is 0 Å². The van der Waals surface area contributed by atoms with Gasteiger partial charge in [-0.2, -0.15) is 5.10 Å². The van der Waals surface area contributed by atoms with E-state index in [2.05, 4.69) is 38.2 Å². The second-order valence-corrected chi connectivity index (χ2v) is 10.9. The zero-order valence-corrected chi connectivity index (χ0v) is 19.6. The van der Waals surface area contributed by atoms with Crippen LogP contribution in [0.2, 0.25) is 0 Å². The van der Waals surface area contributed by atoms with Crippen LogP contribution in [-0.4, -0.2) is 39.1 Å². The first-order chi connectivity index (χ1) is 15.2. The van der Waals surface area contributed by atoms with Crippen molar-refractivity contribution < 1.29 is 9.59 Å². The Morgan fingerprint density at radius 2 is 1.94 bits per heavy atom. The third-order valence-electron chi connectivity index (χ3n) is 8.51. The highest BCUT2D eigenvalue weighted by Gasteiger charge is 2.59. The molecule has 0 spiro atoms. The van der Waals surface area contributed by atoms with Crippen molar-refractivity contribution in [1.82, 2.24) is 20.0 Å². The Balaban J connectivity index is 1.47. The van der Waals surface area contributed by atoms with E-state index in [4.69, 9.17) is 5.10 Å². The fraction of sp³-hybridized carbons (Fsp3) is 0.577. The molecule has 5 rings (SSSR count). The van der Waals surface area contributed by atoms with Gasteiger partial charge in [0.15, 0.2) is 5.69 Å². The molecule has 3 unspecified atom stereocenters. The predicted molar refractivity (Wildman–Crippen MR) is 123 cm³/mol. The molecule has 170 valence electrons. The molecular formula is C26H34N4O2. The normalized spacial score (nSPS) is 27.9. The minimum absolute atomic E-state index is 0.0413. The van der Waals surface area contributed by atoms with Crippen molar-refractivity contribution in [1.29, 1.82) is 0 Å².